The van der Waals surface area contributed by atoms with Crippen molar-refractivity contribution in [3.63, 3.8) is 0 Å². The number of nitrogens with one attached hydrogen (secondary N) is 1. The molecule has 0 bridgehead atoms. The van der Waals surface area contributed by atoms with Crippen molar-refractivity contribution < 1.29 is 9.47 Å². The smallest absolute Gasteiger partial charge is 0.119 e. The fraction of sp³-hybridized carbons (Fsp3) is 0.600. The Kier molecular flexibility index (Phi) is 4.88. The highest BCUT2D eigenvalue weighted by atomic mass is 16.5. The number of rotatable bonds is 5. The zero-order valence-corrected chi connectivity index (χ0v) is 11.3. The molecule has 3 heteroatoms. The molecule has 0 aromatic heterocycles. The Morgan fingerprint density at radius 3 is 2.61 bits per heavy atom. The van der Waals surface area contributed by atoms with E-state index in [1.165, 1.54) is 12.8 Å². The molecule has 0 radical (unpaired) electrons. The average Bonchev–Trinajstić information content (AvgIpc) is 2.40. The van der Waals surface area contributed by atoms with Crippen LogP contribution in [-0.4, -0.2) is 26.3 Å². The van der Waals surface area contributed by atoms with Gasteiger partial charge in [0, 0.05) is 6.04 Å². The third kappa shape index (κ3) is 3.91. The summed E-state index contributed by atoms with van der Waals surface area (Å²) in [6.07, 6.45) is 3.65. The van der Waals surface area contributed by atoms with Gasteiger partial charge in [-0.05, 0) is 56.0 Å². The Balaban J connectivity index is 1.70. The normalized spacial score (nSPS) is 23.7. The van der Waals surface area contributed by atoms with Crippen molar-refractivity contribution in [3.8, 4) is 11.5 Å². The summed E-state index contributed by atoms with van der Waals surface area (Å²) in [6, 6.07) is 8.38. The summed E-state index contributed by atoms with van der Waals surface area (Å²) in [5.74, 6) is 2.63. The van der Waals surface area contributed by atoms with E-state index in [4.69, 9.17) is 9.47 Å². The highest BCUT2D eigenvalue weighted by Crippen LogP contribution is 2.19. The van der Waals surface area contributed by atoms with Gasteiger partial charge in [0.25, 0.3) is 0 Å². The van der Waals surface area contributed by atoms with Gasteiger partial charge in [-0.2, -0.15) is 0 Å². The molecule has 1 fully saturated rings. The lowest BCUT2D eigenvalue weighted by Crippen LogP contribution is -2.38. The van der Waals surface area contributed by atoms with Gasteiger partial charge in [-0.3, -0.25) is 0 Å². The largest absolute Gasteiger partial charge is 0.497 e. The molecule has 3 nitrogen and oxygen atoms in total. The van der Waals surface area contributed by atoms with E-state index in [-0.39, 0.29) is 0 Å². The summed E-state index contributed by atoms with van der Waals surface area (Å²) in [5, 5.41) is 3.55. The fourth-order valence-electron chi connectivity index (χ4n) is 2.43. The van der Waals surface area contributed by atoms with Crippen LogP contribution in [-0.2, 0) is 0 Å². The predicted octanol–water partition coefficient (Wildman–Crippen LogP) is 2.85. The Hall–Kier alpha value is -1.22. The van der Waals surface area contributed by atoms with Crippen molar-refractivity contribution in [1.29, 1.82) is 0 Å². The second-order valence-corrected chi connectivity index (χ2v) is 5.09. The van der Waals surface area contributed by atoms with Gasteiger partial charge in [0.1, 0.15) is 11.5 Å². The molecule has 1 aliphatic heterocycles. The minimum absolute atomic E-state index is 0.618. The van der Waals surface area contributed by atoms with Crippen LogP contribution in [0.15, 0.2) is 24.3 Å². The molecule has 1 saturated heterocycles. The van der Waals surface area contributed by atoms with Crippen LogP contribution < -0.4 is 14.8 Å². The second-order valence-electron chi connectivity index (χ2n) is 5.09. The van der Waals surface area contributed by atoms with E-state index in [2.05, 4.69) is 12.2 Å². The monoisotopic (exact) mass is 249 g/mol. The third-order valence-corrected chi connectivity index (χ3v) is 3.55. The minimum atomic E-state index is 0.618. The number of benzene rings is 1. The summed E-state index contributed by atoms with van der Waals surface area (Å²) in [4.78, 5) is 0. The number of hydrogen-bond donors (Lipinski definition) is 1. The maximum absolute atomic E-state index is 5.75. The highest BCUT2D eigenvalue weighted by Gasteiger charge is 2.17. The van der Waals surface area contributed by atoms with Crippen LogP contribution >= 0.6 is 0 Å². The Labute approximate surface area is 109 Å². The standard InChI is InChI=1S/C15H23NO2/c1-12-7-9-16-13(11-12)8-10-18-15-5-3-14(17-2)4-6-15/h3-6,12-13,16H,7-11H2,1-2H3. The van der Waals surface area contributed by atoms with Crippen LogP contribution in [0.5, 0.6) is 11.5 Å². The molecule has 1 aromatic rings. The van der Waals surface area contributed by atoms with Crippen LogP contribution in [0.3, 0.4) is 0 Å². The van der Waals surface area contributed by atoms with Crippen LogP contribution in [0.2, 0.25) is 0 Å². The van der Waals surface area contributed by atoms with E-state index < -0.39 is 0 Å². The molecule has 0 aliphatic carbocycles. The molecule has 1 aliphatic rings. The van der Waals surface area contributed by atoms with Gasteiger partial charge in [0.2, 0.25) is 0 Å². The van der Waals surface area contributed by atoms with Gasteiger partial charge in [0.15, 0.2) is 0 Å². The Bertz CT molecular complexity index is 350. The first-order valence-corrected chi connectivity index (χ1v) is 6.78. The number of hydrogen-bond acceptors (Lipinski definition) is 3. The molecule has 1 heterocycles. The number of ether oxygens (including phenoxy) is 2. The van der Waals surface area contributed by atoms with Crippen molar-refractivity contribution in [1.82, 2.24) is 5.32 Å². The number of piperidine rings is 1. The van der Waals surface area contributed by atoms with Gasteiger partial charge in [0.05, 0.1) is 13.7 Å². The average molecular weight is 249 g/mol. The van der Waals surface area contributed by atoms with Gasteiger partial charge < -0.3 is 14.8 Å². The molecule has 2 unspecified atom stereocenters. The van der Waals surface area contributed by atoms with Crippen molar-refractivity contribution >= 4 is 0 Å². The summed E-state index contributed by atoms with van der Waals surface area (Å²) in [7, 11) is 1.67. The molecule has 18 heavy (non-hydrogen) atoms. The molecule has 2 rings (SSSR count). The maximum atomic E-state index is 5.75. The van der Waals surface area contributed by atoms with E-state index >= 15 is 0 Å². The SMILES string of the molecule is COc1ccc(OCCC2CC(C)CCN2)cc1. The lowest BCUT2D eigenvalue weighted by atomic mass is 9.93. The van der Waals surface area contributed by atoms with Crippen LogP contribution in [0, 0.1) is 5.92 Å². The van der Waals surface area contributed by atoms with Crippen LogP contribution in [0.1, 0.15) is 26.2 Å². The van der Waals surface area contributed by atoms with E-state index in [9.17, 15) is 0 Å². The third-order valence-electron chi connectivity index (χ3n) is 3.55. The first-order valence-electron chi connectivity index (χ1n) is 6.78. The summed E-state index contributed by atoms with van der Waals surface area (Å²) < 4.78 is 10.9. The van der Waals surface area contributed by atoms with E-state index in [0.29, 0.717) is 6.04 Å². The maximum Gasteiger partial charge on any atom is 0.119 e. The van der Waals surface area contributed by atoms with Gasteiger partial charge in [-0.15, -0.1) is 0 Å². The molecular weight excluding hydrogens is 226 g/mol. The fourth-order valence-corrected chi connectivity index (χ4v) is 2.43. The molecule has 0 spiro atoms. The van der Waals surface area contributed by atoms with Crippen molar-refractivity contribution in [2.45, 2.75) is 32.2 Å². The zero-order chi connectivity index (χ0) is 12.8. The predicted molar refractivity (Wildman–Crippen MR) is 73.3 cm³/mol. The molecule has 1 aromatic carbocycles. The molecule has 1 N–H and O–H groups in total. The molecule has 2 atom stereocenters. The van der Waals surface area contributed by atoms with Crippen molar-refractivity contribution in [3.05, 3.63) is 24.3 Å². The van der Waals surface area contributed by atoms with Crippen LogP contribution in [0.25, 0.3) is 0 Å². The van der Waals surface area contributed by atoms with E-state index in [1.807, 2.05) is 24.3 Å². The van der Waals surface area contributed by atoms with Crippen LogP contribution in [0.4, 0.5) is 0 Å². The zero-order valence-electron chi connectivity index (χ0n) is 11.3. The summed E-state index contributed by atoms with van der Waals surface area (Å²) in [6.45, 7) is 4.25. The molecule has 100 valence electrons. The Morgan fingerprint density at radius 1 is 1.22 bits per heavy atom. The van der Waals surface area contributed by atoms with Gasteiger partial charge in [-0.25, -0.2) is 0 Å². The molecule has 0 saturated carbocycles. The molecular formula is C15H23NO2. The quantitative estimate of drug-likeness (QED) is 0.870. The number of methoxy groups -OCH3 is 1. The van der Waals surface area contributed by atoms with E-state index in [1.54, 1.807) is 7.11 Å². The molecule has 0 amide bonds. The summed E-state index contributed by atoms with van der Waals surface area (Å²) in [5.41, 5.74) is 0. The van der Waals surface area contributed by atoms with Crippen molar-refractivity contribution in [2.75, 3.05) is 20.3 Å². The second kappa shape index (κ2) is 6.64. The minimum Gasteiger partial charge on any atom is -0.497 e. The lowest BCUT2D eigenvalue weighted by molar-refractivity contribution is 0.245. The van der Waals surface area contributed by atoms with Gasteiger partial charge in [-0.1, -0.05) is 6.92 Å². The topological polar surface area (TPSA) is 30.5 Å². The lowest BCUT2D eigenvalue weighted by Gasteiger charge is -2.28. The van der Waals surface area contributed by atoms with Gasteiger partial charge >= 0.3 is 0 Å². The summed E-state index contributed by atoms with van der Waals surface area (Å²) >= 11 is 0. The highest BCUT2D eigenvalue weighted by molar-refractivity contribution is 5.31. The van der Waals surface area contributed by atoms with Crippen molar-refractivity contribution in [2.24, 2.45) is 5.92 Å². The Morgan fingerprint density at radius 2 is 1.94 bits per heavy atom. The first kappa shape index (κ1) is 13.2. The van der Waals surface area contributed by atoms with E-state index in [0.717, 1.165) is 37.0 Å². The first-order chi connectivity index (χ1) is 8.78.